The molecular weight excluding hydrogens is 368 g/mol. The van der Waals surface area contributed by atoms with Gasteiger partial charge >= 0.3 is 0 Å². The lowest BCUT2D eigenvalue weighted by atomic mass is 10.0. The van der Waals surface area contributed by atoms with Crippen molar-refractivity contribution in [2.45, 2.75) is 0 Å². The molecule has 1 aromatic heterocycles. The zero-order valence-corrected chi connectivity index (χ0v) is 16.5. The van der Waals surface area contributed by atoms with E-state index in [2.05, 4.69) is 78.6 Å². The van der Waals surface area contributed by atoms with E-state index in [-0.39, 0.29) is 0 Å². The largest absolute Gasteiger partial charge is 0.135 e. The van der Waals surface area contributed by atoms with Crippen molar-refractivity contribution in [1.29, 1.82) is 0 Å². The molecular formula is C28H16S. The van der Waals surface area contributed by atoms with E-state index in [9.17, 15) is 0 Å². The molecule has 0 unspecified atom stereocenters. The number of fused-ring (bicyclic) bond motifs is 5. The predicted octanol–water partition coefficient (Wildman–Crippen LogP) is 7.76. The van der Waals surface area contributed by atoms with Crippen molar-refractivity contribution in [3.05, 3.63) is 108 Å². The van der Waals surface area contributed by atoms with Gasteiger partial charge in [0.1, 0.15) is 0 Å². The molecule has 6 aromatic rings. The first kappa shape index (κ1) is 16.4. The highest BCUT2D eigenvalue weighted by atomic mass is 32.1. The maximum Gasteiger partial charge on any atom is 0.0361 e. The van der Waals surface area contributed by atoms with Crippen molar-refractivity contribution < 1.29 is 0 Å². The van der Waals surface area contributed by atoms with E-state index in [4.69, 9.17) is 0 Å². The quantitative estimate of drug-likeness (QED) is 0.235. The number of hydrogen-bond donors (Lipinski definition) is 0. The Hall–Kier alpha value is -3.60. The van der Waals surface area contributed by atoms with Crippen LogP contribution in [0.15, 0.2) is 97.1 Å². The number of thiophene rings is 1. The molecule has 6 rings (SSSR count). The first-order valence-corrected chi connectivity index (χ1v) is 10.5. The van der Waals surface area contributed by atoms with Crippen molar-refractivity contribution in [2.75, 3.05) is 0 Å². The lowest BCUT2D eigenvalue weighted by Gasteiger charge is -2.01. The van der Waals surface area contributed by atoms with Crippen LogP contribution >= 0.6 is 11.3 Å². The molecule has 0 atom stereocenters. The van der Waals surface area contributed by atoms with Crippen LogP contribution in [0.5, 0.6) is 0 Å². The van der Waals surface area contributed by atoms with Gasteiger partial charge in [-0.2, -0.15) is 0 Å². The van der Waals surface area contributed by atoms with Gasteiger partial charge in [0.2, 0.25) is 0 Å². The number of benzene rings is 5. The standard InChI is InChI=1S/C28H16S/c1-2-6-19(7-3-1)10-11-20-12-13-23-16-26-25-15-21-8-4-5-9-22(21)17-27(25)29-28(26)18-24(23)14-20/h1-9,12-18H. The van der Waals surface area contributed by atoms with Crippen LogP contribution in [-0.2, 0) is 0 Å². The van der Waals surface area contributed by atoms with Crippen LogP contribution in [0, 0.1) is 11.8 Å². The summed E-state index contributed by atoms with van der Waals surface area (Å²) in [4.78, 5) is 0. The third-order valence-electron chi connectivity index (χ3n) is 5.42. The molecule has 0 bridgehead atoms. The highest BCUT2D eigenvalue weighted by Gasteiger charge is 2.08. The number of rotatable bonds is 0. The van der Waals surface area contributed by atoms with Crippen LogP contribution in [0.3, 0.4) is 0 Å². The van der Waals surface area contributed by atoms with E-state index in [0.717, 1.165) is 11.1 Å². The minimum absolute atomic E-state index is 1.04. The molecule has 0 saturated heterocycles. The van der Waals surface area contributed by atoms with Crippen LogP contribution in [0.25, 0.3) is 41.7 Å². The van der Waals surface area contributed by atoms with Gasteiger partial charge in [0, 0.05) is 31.3 Å². The summed E-state index contributed by atoms with van der Waals surface area (Å²) in [5.41, 5.74) is 2.09. The average Bonchev–Trinajstić information content (AvgIpc) is 3.11. The fourth-order valence-corrected chi connectivity index (χ4v) is 5.11. The zero-order chi connectivity index (χ0) is 19.2. The third-order valence-corrected chi connectivity index (χ3v) is 6.54. The van der Waals surface area contributed by atoms with Gasteiger partial charge in [-0.3, -0.25) is 0 Å². The average molecular weight is 385 g/mol. The van der Waals surface area contributed by atoms with Crippen LogP contribution in [0.1, 0.15) is 11.1 Å². The van der Waals surface area contributed by atoms with E-state index >= 15 is 0 Å². The summed E-state index contributed by atoms with van der Waals surface area (Å²) in [6.45, 7) is 0. The Kier molecular flexibility index (Phi) is 3.66. The Morgan fingerprint density at radius 2 is 1.03 bits per heavy atom. The molecule has 0 spiro atoms. The fourth-order valence-electron chi connectivity index (χ4n) is 3.95. The molecule has 0 amide bonds. The van der Waals surface area contributed by atoms with Crippen molar-refractivity contribution >= 4 is 53.1 Å². The second-order valence-corrected chi connectivity index (χ2v) is 8.41. The molecule has 0 nitrogen and oxygen atoms in total. The molecule has 0 aliphatic heterocycles. The smallest absolute Gasteiger partial charge is 0.0361 e. The van der Waals surface area contributed by atoms with Crippen LogP contribution in [0.4, 0.5) is 0 Å². The maximum atomic E-state index is 3.30. The summed E-state index contributed by atoms with van der Waals surface area (Å²) in [6, 6.07) is 34.5. The van der Waals surface area contributed by atoms with Gasteiger partial charge in [-0.1, -0.05) is 60.4 Å². The molecule has 5 aromatic carbocycles. The Labute approximate surface area is 173 Å². The highest BCUT2D eigenvalue weighted by molar-refractivity contribution is 7.26. The summed E-state index contributed by atoms with van der Waals surface area (Å²) in [6.07, 6.45) is 0. The third kappa shape index (κ3) is 2.86. The SMILES string of the molecule is C(#Cc1ccc2cc3c(cc2c1)sc1cc2ccccc2cc13)c1ccccc1. The second kappa shape index (κ2) is 6.48. The normalized spacial score (nSPS) is 11.2. The zero-order valence-electron chi connectivity index (χ0n) is 15.6. The van der Waals surface area contributed by atoms with Gasteiger partial charge in [-0.15, -0.1) is 11.3 Å². The van der Waals surface area contributed by atoms with E-state index in [1.54, 1.807) is 0 Å². The van der Waals surface area contributed by atoms with Crippen molar-refractivity contribution in [3.63, 3.8) is 0 Å². The molecule has 0 fully saturated rings. The molecule has 0 radical (unpaired) electrons. The molecule has 0 saturated carbocycles. The van der Waals surface area contributed by atoms with Gasteiger partial charge in [-0.25, -0.2) is 0 Å². The van der Waals surface area contributed by atoms with Gasteiger partial charge in [0.25, 0.3) is 0 Å². The minimum Gasteiger partial charge on any atom is -0.135 e. The van der Waals surface area contributed by atoms with E-state index < -0.39 is 0 Å². The maximum absolute atomic E-state index is 3.30. The summed E-state index contributed by atoms with van der Waals surface area (Å²) >= 11 is 1.87. The van der Waals surface area contributed by atoms with Gasteiger partial charge in [-0.05, 0) is 70.1 Å². The van der Waals surface area contributed by atoms with Crippen molar-refractivity contribution in [2.24, 2.45) is 0 Å². The Balaban J connectivity index is 1.52. The van der Waals surface area contributed by atoms with Gasteiger partial charge in [0.05, 0.1) is 0 Å². The molecule has 1 heteroatoms. The van der Waals surface area contributed by atoms with E-state index in [0.29, 0.717) is 0 Å². The molecule has 1 heterocycles. The minimum atomic E-state index is 1.04. The molecule has 0 N–H and O–H groups in total. The number of hydrogen-bond acceptors (Lipinski definition) is 1. The Bertz CT molecular complexity index is 1590. The predicted molar refractivity (Wildman–Crippen MR) is 127 cm³/mol. The molecule has 0 aliphatic rings. The van der Waals surface area contributed by atoms with Gasteiger partial charge < -0.3 is 0 Å². The monoisotopic (exact) mass is 384 g/mol. The van der Waals surface area contributed by atoms with Crippen molar-refractivity contribution in [1.82, 2.24) is 0 Å². The second-order valence-electron chi connectivity index (χ2n) is 7.32. The Morgan fingerprint density at radius 1 is 0.448 bits per heavy atom. The van der Waals surface area contributed by atoms with Crippen LogP contribution in [0.2, 0.25) is 0 Å². The Morgan fingerprint density at radius 3 is 1.79 bits per heavy atom. The summed E-state index contributed by atoms with van der Waals surface area (Å²) in [7, 11) is 0. The summed E-state index contributed by atoms with van der Waals surface area (Å²) in [5.74, 6) is 6.56. The lowest BCUT2D eigenvalue weighted by Crippen LogP contribution is -1.78. The van der Waals surface area contributed by atoms with E-state index in [1.807, 2.05) is 41.7 Å². The lowest BCUT2D eigenvalue weighted by molar-refractivity contribution is 1.64. The molecule has 0 aliphatic carbocycles. The fraction of sp³-hybridized carbons (Fsp3) is 0. The molecule has 29 heavy (non-hydrogen) atoms. The molecule has 134 valence electrons. The van der Waals surface area contributed by atoms with Gasteiger partial charge in [0.15, 0.2) is 0 Å². The highest BCUT2D eigenvalue weighted by Crippen LogP contribution is 2.38. The van der Waals surface area contributed by atoms with E-state index in [1.165, 1.54) is 41.7 Å². The first-order chi connectivity index (χ1) is 14.3. The van der Waals surface area contributed by atoms with Crippen LogP contribution < -0.4 is 0 Å². The summed E-state index contributed by atoms with van der Waals surface area (Å²) in [5, 5.41) is 7.79. The summed E-state index contributed by atoms with van der Waals surface area (Å²) < 4.78 is 2.68. The van der Waals surface area contributed by atoms with Crippen LogP contribution in [-0.4, -0.2) is 0 Å². The topological polar surface area (TPSA) is 0 Å². The first-order valence-electron chi connectivity index (χ1n) is 9.69. The van der Waals surface area contributed by atoms with Crippen molar-refractivity contribution in [3.8, 4) is 11.8 Å².